The van der Waals surface area contributed by atoms with Crippen molar-refractivity contribution in [1.82, 2.24) is 0 Å². The van der Waals surface area contributed by atoms with Crippen LogP contribution in [-0.4, -0.2) is 6.04 Å². The molecule has 1 fully saturated rings. The Morgan fingerprint density at radius 3 is 2.91 bits per heavy atom. The maximum absolute atomic E-state index is 5.75. The van der Waals surface area contributed by atoms with Gasteiger partial charge in [-0.3, -0.25) is 0 Å². The Balaban J connectivity index is 2.08. The summed E-state index contributed by atoms with van der Waals surface area (Å²) < 4.78 is 0. The molecule has 0 saturated heterocycles. The van der Waals surface area contributed by atoms with Crippen LogP contribution < -0.4 is 5.73 Å². The maximum Gasteiger partial charge on any atom is 0.0115 e. The molecule has 2 unspecified atom stereocenters. The van der Waals surface area contributed by atoms with Gasteiger partial charge in [-0.1, -0.05) is 30.4 Å². The average molecular weight is 147 g/mol. The fourth-order valence-electron chi connectivity index (χ4n) is 1.47. The van der Waals surface area contributed by atoms with E-state index in [0.717, 1.165) is 6.42 Å². The molecule has 1 heteroatoms. The van der Waals surface area contributed by atoms with Gasteiger partial charge < -0.3 is 5.73 Å². The molecule has 1 saturated carbocycles. The fourth-order valence-corrected chi connectivity index (χ4v) is 1.47. The third kappa shape index (κ3) is 1.43. The zero-order chi connectivity index (χ0) is 7.68. The van der Waals surface area contributed by atoms with E-state index in [4.69, 9.17) is 5.73 Å². The van der Waals surface area contributed by atoms with Gasteiger partial charge in [-0.05, 0) is 18.4 Å². The van der Waals surface area contributed by atoms with E-state index in [1.807, 2.05) is 0 Å². The van der Waals surface area contributed by atoms with Crippen molar-refractivity contribution in [3.63, 3.8) is 0 Å². The first-order valence-corrected chi connectivity index (χ1v) is 4.17. The lowest BCUT2D eigenvalue weighted by molar-refractivity contribution is 0.936. The minimum absolute atomic E-state index is 0.434. The third-order valence-electron chi connectivity index (χ3n) is 2.29. The summed E-state index contributed by atoms with van der Waals surface area (Å²) in [6.45, 7) is 0. The summed E-state index contributed by atoms with van der Waals surface area (Å²) in [5.41, 5.74) is 7.19. The van der Waals surface area contributed by atoms with E-state index in [0.29, 0.717) is 12.0 Å². The normalized spacial score (nSPS) is 34.8. The molecule has 0 aromatic rings. The predicted molar refractivity (Wildman–Crippen MR) is 47.1 cm³/mol. The summed E-state index contributed by atoms with van der Waals surface area (Å²) in [6.07, 6.45) is 13.1. The molecule has 2 aliphatic carbocycles. The van der Waals surface area contributed by atoms with Crippen molar-refractivity contribution in [1.29, 1.82) is 0 Å². The molecule has 0 heterocycles. The van der Waals surface area contributed by atoms with E-state index in [9.17, 15) is 0 Å². The average Bonchev–Trinajstić information content (AvgIpc) is 2.71. The Bertz CT molecular complexity index is 235. The Morgan fingerprint density at radius 1 is 1.36 bits per heavy atom. The van der Waals surface area contributed by atoms with Crippen molar-refractivity contribution in [3.8, 4) is 0 Å². The molecule has 0 aliphatic heterocycles. The molecule has 0 aromatic heterocycles. The van der Waals surface area contributed by atoms with Crippen LogP contribution in [0, 0.1) is 5.92 Å². The van der Waals surface area contributed by atoms with Crippen LogP contribution in [-0.2, 0) is 0 Å². The largest absolute Gasteiger partial charge is 0.327 e. The van der Waals surface area contributed by atoms with Crippen LogP contribution >= 0.6 is 0 Å². The van der Waals surface area contributed by atoms with Gasteiger partial charge in [-0.2, -0.15) is 0 Å². The molecule has 2 N–H and O–H groups in total. The van der Waals surface area contributed by atoms with Gasteiger partial charge in [0.25, 0.3) is 0 Å². The molecule has 0 radical (unpaired) electrons. The molecule has 2 rings (SSSR count). The van der Waals surface area contributed by atoms with E-state index in [1.165, 1.54) is 12.0 Å². The number of hydrogen-bond acceptors (Lipinski definition) is 1. The molecule has 0 bridgehead atoms. The maximum atomic E-state index is 5.75. The van der Waals surface area contributed by atoms with Crippen molar-refractivity contribution in [3.05, 3.63) is 36.0 Å². The number of allylic oxidation sites excluding steroid dienone is 5. The van der Waals surface area contributed by atoms with Gasteiger partial charge in [0.2, 0.25) is 0 Å². The Kier molecular flexibility index (Phi) is 1.66. The van der Waals surface area contributed by atoms with Crippen LogP contribution in [0.25, 0.3) is 0 Å². The van der Waals surface area contributed by atoms with E-state index in [-0.39, 0.29) is 0 Å². The van der Waals surface area contributed by atoms with Crippen molar-refractivity contribution < 1.29 is 0 Å². The van der Waals surface area contributed by atoms with Gasteiger partial charge in [0.1, 0.15) is 0 Å². The van der Waals surface area contributed by atoms with E-state index in [1.54, 1.807) is 0 Å². The molecular formula is C10H13N. The summed E-state index contributed by atoms with van der Waals surface area (Å²) in [5.74, 6) is 0.658. The van der Waals surface area contributed by atoms with Gasteiger partial charge in [0, 0.05) is 12.0 Å². The van der Waals surface area contributed by atoms with Crippen molar-refractivity contribution in [2.45, 2.75) is 18.9 Å². The Hall–Kier alpha value is -0.820. The molecule has 2 aliphatic rings. The highest BCUT2D eigenvalue weighted by molar-refractivity contribution is 5.33. The number of rotatable bonds is 1. The summed E-state index contributed by atoms with van der Waals surface area (Å²) in [4.78, 5) is 0. The second-order valence-corrected chi connectivity index (χ2v) is 3.23. The topological polar surface area (TPSA) is 26.0 Å². The van der Waals surface area contributed by atoms with Crippen molar-refractivity contribution in [2.24, 2.45) is 11.7 Å². The second-order valence-electron chi connectivity index (χ2n) is 3.23. The minimum atomic E-state index is 0.434. The molecular weight excluding hydrogens is 134 g/mol. The number of hydrogen-bond donors (Lipinski definition) is 1. The first-order chi connectivity index (χ1) is 5.38. The van der Waals surface area contributed by atoms with Crippen LogP contribution in [0.5, 0.6) is 0 Å². The van der Waals surface area contributed by atoms with Crippen molar-refractivity contribution >= 4 is 0 Å². The second kappa shape index (κ2) is 2.67. The first kappa shape index (κ1) is 6.86. The van der Waals surface area contributed by atoms with E-state index in [2.05, 4.69) is 30.4 Å². The molecule has 2 atom stereocenters. The van der Waals surface area contributed by atoms with Gasteiger partial charge in [-0.25, -0.2) is 0 Å². The molecule has 0 amide bonds. The smallest absolute Gasteiger partial charge is 0.0115 e. The molecule has 58 valence electrons. The molecule has 1 nitrogen and oxygen atoms in total. The summed E-state index contributed by atoms with van der Waals surface area (Å²) in [5, 5.41) is 0. The monoisotopic (exact) mass is 147 g/mol. The third-order valence-corrected chi connectivity index (χ3v) is 2.29. The van der Waals surface area contributed by atoms with Gasteiger partial charge in [-0.15, -0.1) is 0 Å². The van der Waals surface area contributed by atoms with Crippen LogP contribution in [0.15, 0.2) is 36.0 Å². The van der Waals surface area contributed by atoms with Gasteiger partial charge >= 0.3 is 0 Å². The van der Waals surface area contributed by atoms with Crippen LogP contribution in [0.3, 0.4) is 0 Å². The van der Waals surface area contributed by atoms with Crippen molar-refractivity contribution in [2.75, 3.05) is 0 Å². The zero-order valence-electron chi connectivity index (χ0n) is 6.53. The Morgan fingerprint density at radius 2 is 2.18 bits per heavy atom. The SMILES string of the molecule is NC1CC1C1=CCC=CC=C1. The lowest BCUT2D eigenvalue weighted by Crippen LogP contribution is -2.02. The first-order valence-electron chi connectivity index (χ1n) is 4.17. The lowest BCUT2D eigenvalue weighted by Gasteiger charge is -1.95. The Labute approximate surface area is 67.3 Å². The number of nitrogens with two attached hydrogens (primary N) is 1. The summed E-state index contributed by atoms with van der Waals surface area (Å²) in [7, 11) is 0. The molecule has 11 heavy (non-hydrogen) atoms. The highest BCUT2D eigenvalue weighted by atomic mass is 14.7. The fraction of sp³-hybridized carbons (Fsp3) is 0.400. The van der Waals surface area contributed by atoms with Gasteiger partial charge in [0.15, 0.2) is 0 Å². The lowest BCUT2D eigenvalue weighted by atomic mass is 10.1. The minimum Gasteiger partial charge on any atom is -0.327 e. The van der Waals surface area contributed by atoms with Crippen LogP contribution in [0.4, 0.5) is 0 Å². The zero-order valence-corrected chi connectivity index (χ0v) is 6.53. The standard InChI is InChI=1S/C10H13N/c11-10-7-9(10)8-5-3-1-2-4-6-8/h1-3,5-6,9-10H,4,7,11H2. The highest BCUT2D eigenvalue weighted by Crippen LogP contribution is 2.36. The summed E-state index contributed by atoms with van der Waals surface area (Å²) >= 11 is 0. The summed E-state index contributed by atoms with van der Waals surface area (Å²) in [6, 6.07) is 0.434. The van der Waals surface area contributed by atoms with E-state index >= 15 is 0 Å². The predicted octanol–water partition coefficient (Wildman–Crippen LogP) is 1.78. The van der Waals surface area contributed by atoms with Gasteiger partial charge in [0.05, 0.1) is 0 Å². The van der Waals surface area contributed by atoms with E-state index < -0.39 is 0 Å². The highest BCUT2D eigenvalue weighted by Gasteiger charge is 2.35. The molecule has 0 aromatic carbocycles. The quantitative estimate of drug-likeness (QED) is 0.601. The molecule has 0 spiro atoms. The van der Waals surface area contributed by atoms with Crippen LogP contribution in [0.1, 0.15) is 12.8 Å². The van der Waals surface area contributed by atoms with Crippen LogP contribution in [0.2, 0.25) is 0 Å².